The van der Waals surface area contributed by atoms with E-state index in [-0.39, 0.29) is 31.5 Å². The third-order valence-electron chi connectivity index (χ3n) is 4.92. The zero-order chi connectivity index (χ0) is 21.2. The van der Waals surface area contributed by atoms with Crippen LogP contribution < -0.4 is 21.3 Å². The number of nitrogens with zero attached hydrogens (tertiary/aromatic N) is 1. The first-order valence-electron chi connectivity index (χ1n) is 9.12. The number of hydrogen-bond donors (Lipinski definition) is 3. The average molecular weight is 414 g/mol. The highest BCUT2D eigenvalue weighted by molar-refractivity contribution is 6.10. The highest BCUT2D eigenvalue weighted by Gasteiger charge is 2.37. The third kappa shape index (κ3) is 4.85. The first-order chi connectivity index (χ1) is 13.7. The van der Waals surface area contributed by atoms with E-state index in [0.29, 0.717) is 0 Å². The molecule has 158 valence electrons. The van der Waals surface area contributed by atoms with Gasteiger partial charge in [0, 0.05) is 18.3 Å². The minimum absolute atomic E-state index is 0.0441. The Morgan fingerprint density at radius 3 is 2.55 bits per heavy atom. The molecule has 1 saturated carbocycles. The SMILES string of the molecule is NC(=O)[C@@H](NC1CCC1)C(=O)Nc1ccc(N2CCOCC2=O)cc1C(F)(F)F. The van der Waals surface area contributed by atoms with E-state index in [1.54, 1.807) is 0 Å². The number of ether oxygens (including phenoxy) is 1. The van der Waals surface area contributed by atoms with Gasteiger partial charge in [0.1, 0.15) is 6.61 Å². The van der Waals surface area contributed by atoms with Crippen LogP contribution in [0.25, 0.3) is 0 Å². The predicted octanol–water partition coefficient (Wildman–Crippen LogP) is 1.00. The predicted molar refractivity (Wildman–Crippen MR) is 97.0 cm³/mol. The van der Waals surface area contributed by atoms with Crippen molar-refractivity contribution >= 4 is 29.1 Å². The van der Waals surface area contributed by atoms with Gasteiger partial charge < -0.3 is 20.7 Å². The Kier molecular flexibility index (Phi) is 6.08. The van der Waals surface area contributed by atoms with Crippen LogP contribution in [0.4, 0.5) is 24.5 Å². The van der Waals surface area contributed by atoms with E-state index in [0.717, 1.165) is 31.4 Å². The van der Waals surface area contributed by atoms with Gasteiger partial charge in [-0.3, -0.25) is 19.7 Å². The fraction of sp³-hybridized carbons (Fsp3) is 0.500. The maximum Gasteiger partial charge on any atom is 0.418 e. The minimum atomic E-state index is -4.79. The lowest BCUT2D eigenvalue weighted by Crippen LogP contribution is -2.54. The quantitative estimate of drug-likeness (QED) is 0.601. The van der Waals surface area contributed by atoms with Crippen LogP contribution in [0.15, 0.2) is 18.2 Å². The molecule has 1 saturated heterocycles. The number of nitrogens with one attached hydrogen (secondary N) is 2. The van der Waals surface area contributed by atoms with Crippen LogP contribution in [0.1, 0.15) is 24.8 Å². The number of rotatable bonds is 6. The summed E-state index contributed by atoms with van der Waals surface area (Å²) in [5.74, 6) is -2.40. The second-order valence-electron chi connectivity index (χ2n) is 6.94. The number of primary amides is 1. The molecule has 11 heteroatoms. The Balaban J connectivity index is 1.84. The summed E-state index contributed by atoms with van der Waals surface area (Å²) < 4.78 is 45.8. The molecule has 0 unspecified atom stereocenters. The lowest BCUT2D eigenvalue weighted by atomic mass is 9.92. The molecular formula is C18H21F3N4O4. The second kappa shape index (κ2) is 8.37. The van der Waals surface area contributed by atoms with Crippen molar-refractivity contribution in [3.05, 3.63) is 23.8 Å². The Bertz CT molecular complexity index is 811. The molecule has 1 aromatic carbocycles. The lowest BCUT2D eigenvalue weighted by molar-refractivity contribution is -0.137. The number of nitrogens with two attached hydrogens (primary N) is 1. The van der Waals surface area contributed by atoms with Gasteiger partial charge >= 0.3 is 6.18 Å². The smallest absolute Gasteiger partial charge is 0.370 e. The van der Waals surface area contributed by atoms with E-state index in [4.69, 9.17) is 10.5 Å². The van der Waals surface area contributed by atoms with E-state index < -0.39 is 41.2 Å². The van der Waals surface area contributed by atoms with Gasteiger partial charge in [-0.15, -0.1) is 0 Å². The Labute approximate surface area is 164 Å². The molecule has 0 spiro atoms. The van der Waals surface area contributed by atoms with Crippen molar-refractivity contribution in [1.29, 1.82) is 0 Å². The van der Waals surface area contributed by atoms with Gasteiger partial charge in [-0.1, -0.05) is 6.42 Å². The summed E-state index contributed by atoms with van der Waals surface area (Å²) in [4.78, 5) is 37.1. The number of morpholine rings is 1. The number of hydrogen-bond acceptors (Lipinski definition) is 5. The van der Waals surface area contributed by atoms with Crippen molar-refractivity contribution in [2.45, 2.75) is 37.5 Å². The molecule has 8 nitrogen and oxygen atoms in total. The van der Waals surface area contributed by atoms with Crippen LogP contribution in [0.2, 0.25) is 0 Å². The van der Waals surface area contributed by atoms with Gasteiger partial charge in [-0.2, -0.15) is 13.2 Å². The molecule has 0 radical (unpaired) electrons. The van der Waals surface area contributed by atoms with Crippen LogP contribution in [0, 0.1) is 0 Å². The van der Waals surface area contributed by atoms with Crippen molar-refractivity contribution in [3.8, 4) is 0 Å². The summed E-state index contributed by atoms with van der Waals surface area (Å²) >= 11 is 0. The van der Waals surface area contributed by atoms with Crippen LogP contribution >= 0.6 is 0 Å². The molecule has 1 aliphatic heterocycles. The van der Waals surface area contributed by atoms with E-state index in [1.165, 1.54) is 11.0 Å². The Morgan fingerprint density at radius 1 is 1.28 bits per heavy atom. The number of anilines is 2. The second-order valence-corrected chi connectivity index (χ2v) is 6.94. The molecule has 2 aliphatic rings. The molecule has 4 N–H and O–H groups in total. The summed E-state index contributed by atoms with van der Waals surface area (Å²) in [6, 6.07) is 1.63. The summed E-state index contributed by atoms with van der Waals surface area (Å²) in [5, 5.41) is 4.91. The monoisotopic (exact) mass is 414 g/mol. The van der Waals surface area contributed by atoms with Crippen molar-refractivity contribution in [2.24, 2.45) is 5.73 Å². The molecule has 1 atom stereocenters. The molecular weight excluding hydrogens is 393 g/mol. The number of carbonyl (C=O) groups excluding carboxylic acids is 3. The van der Waals surface area contributed by atoms with E-state index in [9.17, 15) is 27.6 Å². The van der Waals surface area contributed by atoms with Crippen molar-refractivity contribution in [2.75, 3.05) is 30.0 Å². The van der Waals surface area contributed by atoms with Gasteiger partial charge in [0.05, 0.1) is 17.9 Å². The third-order valence-corrected chi connectivity index (χ3v) is 4.92. The summed E-state index contributed by atoms with van der Waals surface area (Å²) in [5.41, 5.74) is 3.63. The Hall–Kier alpha value is -2.66. The maximum atomic E-state index is 13.6. The molecule has 1 aliphatic carbocycles. The van der Waals surface area contributed by atoms with Crippen LogP contribution in [-0.4, -0.2) is 49.6 Å². The maximum absolute atomic E-state index is 13.6. The van der Waals surface area contributed by atoms with Gasteiger partial charge in [0.15, 0.2) is 6.04 Å². The summed E-state index contributed by atoms with van der Waals surface area (Å²) in [6.45, 7) is 0.114. The molecule has 3 amide bonds. The lowest BCUT2D eigenvalue weighted by Gasteiger charge is -2.30. The highest BCUT2D eigenvalue weighted by Crippen LogP contribution is 2.37. The topological polar surface area (TPSA) is 114 Å². The van der Waals surface area contributed by atoms with Crippen molar-refractivity contribution < 1.29 is 32.3 Å². The molecule has 1 aromatic rings. The van der Waals surface area contributed by atoms with Crippen molar-refractivity contribution in [3.63, 3.8) is 0 Å². The van der Waals surface area contributed by atoms with E-state index in [2.05, 4.69) is 10.6 Å². The van der Waals surface area contributed by atoms with Gasteiger partial charge in [-0.05, 0) is 31.0 Å². The van der Waals surface area contributed by atoms with Gasteiger partial charge in [-0.25, -0.2) is 0 Å². The fourth-order valence-electron chi connectivity index (χ4n) is 3.14. The highest BCUT2D eigenvalue weighted by atomic mass is 19.4. The minimum Gasteiger partial charge on any atom is -0.370 e. The summed E-state index contributed by atoms with van der Waals surface area (Å²) in [6.07, 6.45) is -2.34. The average Bonchev–Trinajstić information content (AvgIpc) is 2.60. The van der Waals surface area contributed by atoms with E-state index in [1.807, 2.05) is 0 Å². The van der Waals surface area contributed by atoms with Crippen LogP contribution in [0.3, 0.4) is 0 Å². The number of amides is 3. The fourth-order valence-corrected chi connectivity index (χ4v) is 3.14. The largest absolute Gasteiger partial charge is 0.418 e. The first kappa shape index (κ1) is 21.1. The number of alkyl halides is 3. The molecule has 2 fully saturated rings. The summed E-state index contributed by atoms with van der Waals surface area (Å²) in [7, 11) is 0. The molecule has 0 bridgehead atoms. The number of halogens is 3. The number of benzene rings is 1. The molecule has 3 rings (SSSR count). The molecule has 0 aromatic heterocycles. The first-order valence-corrected chi connectivity index (χ1v) is 9.12. The Morgan fingerprint density at radius 2 is 2.00 bits per heavy atom. The van der Waals surface area contributed by atoms with Gasteiger partial charge in [0.2, 0.25) is 5.91 Å². The zero-order valence-electron chi connectivity index (χ0n) is 15.4. The zero-order valence-corrected chi connectivity index (χ0v) is 15.4. The normalized spacial score (nSPS) is 18.9. The van der Waals surface area contributed by atoms with Crippen molar-refractivity contribution in [1.82, 2.24) is 5.32 Å². The van der Waals surface area contributed by atoms with Gasteiger partial charge in [0.25, 0.3) is 11.8 Å². The standard InChI is InChI=1S/C18H21F3N4O4/c19-18(20,21)12-8-11(25-6-7-29-9-14(25)26)4-5-13(12)24-17(28)15(16(22)27)23-10-2-1-3-10/h4-5,8,10,15,23H,1-3,6-7,9H2,(H2,22,27)(H,24,28)/t15-/m1/s1. The molecule has 29 heavy (non-hydrogen) atoms. The number of carbonyl (C=O) groups is 3. The van der Waals surface area contributed by atoms with Crippen LogP contribution in [0.5, 0.6) is 0 Å². The van der Waals surface area contributed by atoms with E-state index >= 15 is 0 Å². The molecule has 1 heterocycles. The van der Waals surface area contributed by atoms with Crippen LogP contribution in [-0.2, 0) is 25.3 Å².